The third-order valence-corrected chi connectivity index (χ3v) is 2.77. The molecule has 6 heteroatoms. The first kappa shape index (κ1) is 14.0. The Balaban J connectivity index is 2.79. The van der Waals surface area contributed by atoms with Gasteiger partial charge in [0.1, 0.15) is 0 Å². The van der Waals surface area contributed by atoms with Gasteiger partial charge in [0.15, 0.2) is 0 Å². The second-order valence-corrected chi connectivity index (χ2v) is 4.40. The molecule has 0 aliphatic rings. The first-order chi connectivity index (χ1) is 7.84. The van der Waals surface area contributed by atoms with Crippen LogP contribution in [0.2, 0.25) is 0 Å². The minimum Gasteiger partial charge on any atom is -0.341 e. The quantitative estimate of drug-likeness (QED) is 0.908. The Hall–Kier alpha value is -1.04. The predicted molar refractivity (Wildman–Crippen MR) is 61.4 cm³/mol. The molecule has 0 aromatic heterocycles. The number of hydrogen-bond acceptors (Lipinski definition) is 1. The Kier molecular flexibility index (Phi) is 4.56. The summed E-state index contributed by atoms with van der Waals surface area (Å²) in [5.41, 5.74) is 0.647. The summed E-state index contributed by atoms with van der Waals surface area (Å²) in [4.78, 5) is 10.8. The fourth-order valence-electron chi connectivity index (χ4n) is 1.36. The molecule has 1 atom stereocenters. The van der Waals surface area contributed by atoms with Gasteiger partial charge in [-0.2, -0.15) is 13.2 Å². The van der Waals surface area contributed by atoms with Crippen molar-refractivity contribution in [3.8, 4) is 0 Å². The maximum atomic E-state index is 12.1. The van der Waals surface area contributed by atoms with Crippen LogP contribution in [0.4, 0.5) is 13.2 Å². The molecule has 0 saturated heterocycles. The van der Waals surface area contributed by atoms with E-state index >= 15 is 0 Å². The molecule has 1 rings (SSSR count). The van der Waals surface area contributed by atoms with E-state index in [1.165, 1.54) is 0 Å². The molecule has 0 saturated carbocycles. The molecule has 0 aliphatic heterocycles. The summed E-state index contributed by atoms with van der Waals surface area (Å²) in [6, 6.07) is 6.16. The van der Waals surface area contributed by atoms with Crippen molar-refractivity contribution in [2.24, 2.45) is 0 Å². The van der Waals surface area contributed by atoms with Crippen LogP contribution in [0.25, 0.3) is 0 Å². The van der Waals surface area contributed by atoms with Gasteiger partial charge in [0, 0.05) is 4.47 Å². The SMILES string of the molecule is CCC(NC(=O)C(F)(F)F)c1ccc(Br)cc1. The molecule has 0 aliphatic carbocycles. The maximum Gasteiger partial charge on any atom is 0.471 e. The molecule has 0 fully saturated rings. The third kappa shape index (κ3) is 4.03. The van der Waals surface area contributed by atoms with E-state index in [9.17, 15) is 18.0 Å². The summed E-state index contributed by atoms with van der Waals surface area (Å²) in [7, 11) is 0. The Morgan fingerprint density at radius 3 is 2.29 bits per heavy atom. The van der Waals surface area contributed by atoms with Crippen molar-refractivity contribution in [1.82, 2.24) is 5.32 Å². The first-order valence-electron chi connectivity index (χ1n) is 4.97. The lowest BCUT2D eigenvalue weighted by atomic mass is 10.0. The van der Waals surface area contributed by atoms with Crippen LogP contribution in [0.3, 0.4) is 0 Å². The minimum absolute atomic E-state index is 0.392. The largest absolute Gasteiger partial charge is 0.471 e. The number of halogens is 4. The van der Waals surface area contributed by atoms with Crippen LogP contribution >= 0.6 is 15.9 Å². The number of amides is 1. The van der Waals surface area contributed by atoms with Crippen molar-refractivity contribution in [2.75, 3.05) is 0 Å². The molecule has 1 aromatic rings. The molecule has 1 aromatic carbocycles. The van der Waals surface area contributed by atoms with Gasteiger partial charge in [0.25, 0.3) is 0 Å². The summed E-state index contributed by atoms with van der Waals surface area (Å²) in [5.74, 6) is -1.91. The van der Waals surface area contributed by atoms with Crippen LogP contribution in [-0.4, -0.2) is 12.1 Å². The molecule has 1 unspecified atom stereocenters. The van der Waals surface area contributed by atoms with Crippen molar-refractivity contribution < 1.29 is 18.0 Å². The van der Waals surface area contributed by atoms with E-state index in [0.29, 0.717) is 12.0 Å². The van der Waals surface area contributed by atoms with E-state index in [4.69, 9.17) is 0 Å². The molecule has 1 amide bonds. The van der Waals surface area contributed by atoms with Gasteiger partial charge in [-0.25, -0.2) is 0 Å². The van der Waals surface area contributed by atoms with E-state index in [1.807, 2.05) is 5.32 Å². The molecular weight excluding hydrogens is 299 g/mol. The highest BCUT2D eigenvalue weighted by molar-refractivity contribution is 9.10. The molecule has 0 radical (unpaired) electrons. The Morgan fingerprint density at radius 1 is 1.35 bits per heavy atom. The number of alkyl halides is 3. The highest BCUT2D eigenvalue weighted by Gasteiger charge is 2.39. The van der Waals surface area contributed by atoms with Gasteiger partial charge in [0.05, 0.1) is 6.04 Å². The smallest absolute Gasteiger partial charge is 0.341 e. The maximum absolute atomic E-state index is 12.1. The van der Waals surface area contributed by atoms with Crippen molar-refractivity contribution in [2.45, 2.75) is 25.6 Å². The van der Waals surface area contributed by atoms with E-state index < -0.39 is 18.1 Å². The Morgan fingerprint density at radius 2 is 1.88 bits per heavy atom. The van der Waals surface area contributed by atoms with Crippen molar-refractivity contribution in [3.05, 3.63) is 34.3 Å². The summed E-state index contributed by atoms with van der Waals surface area (Å²) in [6.07, 6.45) is -4.45. The lowest BCUT2D eigenvalue weighted by Crippen LogP contribution is -2.38. The van der Waals surface area contributed by atoms with Crippen LogP contribution in [0.1, 0.15) is 24.9 Å². The Labute approximate surface area is 105 Å². The van der Waals surface area contributed by atoms with Crippen LogP contribution in [0, 0.1) is 0 Å². The summed E-state index contributed by atoms with van der Waals surface area (Å²) >= 11 is 3.23. The molecule has 17 heavy (non-hydrogen) atoms. The fourth-order valence-corrected chi connectivity index (χ4v) is 1.62. The third-order valence-electron chi connectivity index (χ3n) is 2.24. The number of carbonyl (C=O) groups excluding carboxylic acids is 1. The average Bonchev–Trinajstić information content (AvgIpc) is 2.25. The van der Waals surface area contributed by atoms with E-state index in [0.717, 1.165) is 4.47 Å². The van der Waals surface area contributed by atoms with Gasteiger partial charge in [-0.15, -0.1) is 0 Å². The topological polar surface area (TPSA) is 29.1 Å². The first-order valence-corrected chi connectivity index (χ1v) is 5.77. The van der Waals surface area contributed by atoms with Crippen molar-refractivity contribution in [3.63, 3.8) is 0 Å². The van der Waals surface area contributed by atoms with E-state index in [1.54, 1.807) is 31.2 Å². The molecule has 0 spiro atoms. The fraction of sp³-hybridized carbons (Fsp3) is 0.364. The minimum atomic E-state index is -4.84. The van der Waals surface area contributed by atoms with Crippen molar-refractivity contribution in [1.29, 1.82) is 0 Å². The van der Waals surface area contributed by atoms with Gasteiger partial charge in [0.2, 0.25) is 0 Å². The molecule has 94 valence electrons. The number of benzene rings is 1. The molecule has 0 bridgehead atoms. The van der Waals surface area contributed by atoms with Crippen LogP contribution in [0.15, 0.2) is 28.7 Å². The molecular formula is C11H11BrF3NO. The second-order valence-electron chi connectivity index (χ2n) is 3.48. The van der Waals surface area contributed by atoms with Crippen LogP contribution < -0.4 is 5.32 Å². The van der Waals surface area contributed by atoms with Gasteiger partial charge >= 0.3 is 12.1 Å². The summed E-state index contributed by atoms with van der Waals surface area (Å²) < 4.78 is 37.2. The van der Waals surface area contributed by atoms with Crippen LogP contribution in [-0.2, 0) is 4.79 Å². The predicted octanol–water partition coefficient (Wildman–Crippen LogP) is 3.58. The monoisotopic (exact) mass is 309 g/mol. The zero-order chi connectivity index (χ0) is 13.1. The van der Waals surface area contributed by atoms with Gasteiger partial charge < -0.3 is 5.32 Å². The van der Waals surface area contributed by atoms with Gasteiger partial charge in [-0.3, -0.25) is 4.79 Å². The number of hydrogen-bond donors (Lipinski definition) is 1. The number of rotatable bonds is 3. The zero-order valence-corrected chi connectivity index (χ0v) is 10.6. The van der Waals surface area contributed by atoms with Crippen LogP contribution in [0.5, 0.6) is 0 Å². The highest BCUT2D eigenvalue weighted by Crippen LogP contribution is 2.22. The average molecular weight is 310 g/mol. The Bertz CT molecular complexity index is 389. The lowest BCUT2D eigenvalue weighted by molar-refractivity contribution is -0.174. The highest BCUT2D eigenvalue weighted by atomic mass is 79.9. The molecule has 0 heterocycles. The summed E-state index contributed by atoms with van der Waals surface area (Å²) in [5, 5.41) is 1.96. The van der Waals surface area contributed by atoms with E-state index in [-0.39, 0.29) is 0 Å². The lowest BCUT2D eigenvalue weighted by Gasteiger charge is -2.18. The molecule has 2 nitrogen and oxygen atoms in total. The zero-order valence-electron chi connectivity index (χ0n) is 9.01. The number of carbonyl (C=O) groups is 1. The van der Waals surface area contributed by atoms with Gasteiger partial charge in [-0.05, 0) is 24.1 Å². The van der Waals surface area contributed by atoms with Crippen molar-refractivity contribution >= 4 is 21.8 Å². The normalized spacial score (nSPS) is 13.2. The summed E-state index contributed by atoms with van der Waals surface area (Å²) in [6.45, 7) is 1.71. The number of nitrogens with one attached hydrogen (secondary N) is 1. The standard InChI is InChI=1S/C11H11BrF3NO/c1-2-9(16-10(17)11(13,14)15)7-3-5-8(12)6-4-7/h3-6,9H,2H2,1H3,(H,16,17). The second kappa shape index (κ2) is 5.53. The molecule has 1 N–H and O–H groups in total. The van der Waals surface area contributed by atoms with Gasteiger partial charge in [-0.1, -0.05) is 35.0 Å². The van der Waals surface area contributed by atoms with E-state index in [2.05, 4.69) is 15.9 Å².